The average Bonchev–Trinajstić information content (AvgIpc) is 2.17. The van der Waals surface area contributed by atoms with Crippen molar-refractivity contribution in [3.05, 3.63) is 35.9 Å². The van der Waals surface area contributed by atoms with E-state index in [4.69, 9.17) is 5.11 Å². The third-order valence-electron chi connectivity index (χ3n) is 2.23. The van der Waals surface area contributed by atoms with Gasteiger partial charge in [-0.25, -0.2) is 0 Å². The fourth-order valence-electron chi connectivity index (χ4n) is 1.59. The lowest BCUT2D eigenvalue weighted by Crippen LogP contribution is -2.09. The van der Waals surface area contributed by atoms with Crippen molar-refractivity contribution in [1.29, 1.82) is 0 Å². The van der Waals surface area contributed by atoms with Crippen molar-refractivity contribution in [1.82, 2.24) is 0 Å². The van der Waals surface area contributed by atoms with Gasteiger partial charge in [-0.1, -0.05) is 30.3 Å². The smallest absolute Gasteiger partial charge is 0.303 e. The van der Waals surface area contributed by atoms with Gasteiger partial charge >= 0.3 is 5.97 Å². The fourth-order valence-corrected chi connectivity index (χ4v) is 1.59. The normalized spacial score (nSPS) is 12.1. The third kappa shape index (κ3) is 3.94. The summed E-state index contributed by atoms with van der Waals surface area (Å²) in [6.45, 7) is 1.48. The molecule has 0 aromatic heterocycles. The summed E-state index contributed by atoms with van der Waals surface area (Å²) in [7, 11) is 0. The third-order valence-corrected chi connectivity index (χ3v) is 2.23. The van der Waals surface area contributed by atoms with Crippen LogP contribution in [0.15, 0.2) is 30.3 Å². The Kier molecular flexibility index (Phi) is 4.03. The van der Waals surface area contributed by atoms with Gasteiger partial charge in [0.1, 0.15) is 5.78 Å². The Labute approximate surface area is 88.7 Å². The molecule has 1 atom stereocenters. The second-order valence-electron chi connectivity index (χ2n) is 3.61. The summed E-state index contributed by atoms with van der Waals surface area (Å²) in [4.78, 5) is 21.7. The molecular formula is C12H14O3. The SMILES string of the molecule is CC(=O)CC(CC(=O)O)c1ccccc1. The van der Waals surface area contributed by atoms with E-state index < -0.39 is 5.97 Å². The van der Waals surface area contributed by atoms with E-state index in [0.717, 1.165) is 5.56 Å². The number of carbonyl (C=O) groups excluding carboxylic acids is 1. The van der Waals surface area contributed by atoms with E-state index in [0.29, 0.717) is 0 Å². The first-order chi connectivity index (χ1) is 7.09. The first-order valence-corrected chi connectivity index (χ1v) is 4.85. The predicted molar refractivity (Wildman–Crippen MR) is 56.7 cm³/mol. The Bertz CT molecular complexity index is 327. The lowest BCUT2D eigenvalue weighted by Gasteiger charge is -2.13. The maximum atomic E-state index is 11.0. The van der Waals surface area contributed by atoms with Crippen molar-refractivity contribution in [2.45, 2.75) is 25.7 Å². The van der Waals surface area contributed by atoms with Gasteiger partial charge in [0.15, 0.2) is 0 Å². The molecule has 3 heteroatoms. The van der Waals surface area contributed by atoms with Crippen molar-refractivity contribution in [3.63, 3.8) is 0 Å². The maximum Gasteiger partial charge on any atom is 0.303 e. The first-order valence-electron chi connectivity index (χ1n) is 4.85. The molecule has 3 nitrogen and oxygen atoms in total. The Morgan fingerprint density at radius 2 is 1.80 bits per heavy atom. The van der Waals surface area contributed by atoms with Crippen LogP contribution in [0.1, 0.15) is 31.2 Å². The number of Topliss-reactive ketones (excluding diaryl/α,β-unsaturated/α-hetero) is 1. The second kappa shape index (κ2) is 5.29. The van der Waals surface area contributed by atoms with Gasteiger partial charge < -0.3 is 9.90 Å². The minimum Gasteiger partial charge on any atom is -0.481 e. The maximum absolute atomic E-state index is 11.0. The number of hydrogen-bond donors (Lipinski definition) is 1. The van der Waals surface area contributed by atoms with Crippen LogP contribution in [0.2, 0.25) is 0 Å². The van der Waals surface area contributed by atoms with Crippen LogP contribution >= 0.6 is 0 Å². The molecular weight excluding hydrogens is 192 g/mol. The summed E-state index contributed by atoms with van der Waals surface area (Å²) >= 11 is 0. The Hall–Kier alpha value is -1.64. The van der Waals surface area contributed by atoms with E-state index in [9.17, 15) is 9.59 Å². The summed E-state index contributed by atoms with van der Waals surface area (Å²) < 4.78 is 0. The lowest BCUT2D eigenvalue weighted by atomic mass is 9.91. The molecule has 0 bridgehead atoms. The van der Waals surface area contributed by atoms with Crippen LogP contribution in [0.5, 0.6) is 0 Å². The highest BCUT2D eigenvalue weighted by molar-refractivity contribution is 5.78. The zero-order chi connectivity index (χ0) is 11.3. The zero-order valence-electron chi connectivity index (χ0n) is 8.64. The summed E-state index contributed by atoms with van der Waals surface area (Å²) in [5.41, 5.74) is 0.912. The lowest BCUT2D eigenvalue weighted by molar-refractivity contribution is -0.137. The molecule has 1 unspecified atom stereocenters. The molecule has 0 aliphatic rings. The van der Waals surface area contributed by atoms with E-state index >= 15 is 0 Å². The van der Waals surface area contributed by atoms with Crippen molar-refractivity contribution >= 4 is 11.8 Å². The number of benzene rings is 1. The fraction of sp³-hybridized carbons (Fsp3) is 0.333. The van der Waals surface area contributed by atoms with Gasteiger partial charge in [0.2, 0.25) is 0 Å². The molecule has 80 valence electrons. The van der Waals surface area contributed by atoms with Crippen LogP contribution in [0.4, 0.5) is 0 Å². The van der Waals surface area contributed by atoms with Crippen molar-refractivity contribution < 1.29 is 14.7 Å². The summed E-state index contributed by atoms with van der Waals surface area (Å²) in [5, 5.41) is 8.75. The van der Waals surface area contributed by atoms with E-state index in [1.54, 1.807) is 0 Å². The highest BCUT2D eigenvalue weighted by atomic mass is 16.4. The molecule has 0 heterocycles. The van der Waals surface area contributed by atoms with Gasteiger partial charge in [0, 0.05) is 12.3 Å². The predicted octanol–water partition coefficient (Wildman–Crippen LogP) is 2.22. The number of carboxylic acids is 1. The van der Waals surface area contributed by atoms with Gasteiger partial charge in [-0.15, -0.1) is 0 Å². The number of carbonyl (C=O) groups is 2. The second-order valence-corrected chi connectivity index (χ2v) is 3.61. The van der Waals surface area contributed by atoms with Crippen LogP contribution in [0.3, 0.4) is 0 Å². The largest absolute Gasteiger partial charge is 0.481 e. The highest BCUT2D eigenvalue weighted by Crippen LogP contribution is 2.23. The molecule has 1 aromatic rings. The molecule has 0 aliphatic heterocycles. The van der Waals surface area contributed by atoms with Gasteiger partial charge in [0.05, 0.1) is 6.42 Å². The molecule has 15 heavy (non-hydrogen) atoms. The number of rotatable bonds is 5. The number of ketones is 1. The molecule has 0 radical (unpaired) electrons. The standard InChI is InChI=1S/C12H14O3/c1-9(13)7-11(8-12(14)15)10-5-3-2-4-6-10/h2-6,11H,7-8H2,1H3,(H,14,15). The molecule has 0 fully saturated rings. The number of aliphatic carboxylic acids is 1. The van der Waals surface area contributed by atoms with Gasteiger partial charge in [-0.2, -0.15) is 0 Å². The first kappa shape index (κ1) is 11.4. The van der Waals surface area contributed by atoms with E-state index in [1.165, 1.54) is 6.92 Å². The molecule has 0 spiro atoms. The molecule has 1 rings (SSSR count). The van der Waals surface area contributed by atoms with Gasteiger partial charge in [0.25, 0.3) is 0 Å². The Morgan fingerprint density at radius 1 is 1.20 bits per heavy atom. The molecule has 1 N–H and O–H groups in total. The molecule has 0 amide bonds. The van der Waals surface area contributed by atoms with Crippen LogP contribution in [0, 0.1) is 0 Å². The van der Waals surface area contributed by atoms with E-state index in [-0.39, 0.29) is 24.5 Å². The Balaban J connectivity index is 2.81. The van der Waals surface area contributed by atoms with Crippen LogP contribution in [-0.2, 0) is 9.59 Å². The number of hydrogen-bond acceptors (Lipinski definition) is 2. The van der Waals surface area contributed by atoms with Crippen LogP contribution in [0.25, 0.3) is 0 Å². The topological polar surface area (TPSA) is 54.4 Å². The van der Waals surface area contributed by atoms with Gasteiger partial charge in [-0.05, 0) is 12.5 Å². The molecule has 0 aliphatic carbocycles. The Morgan fingerprint density at radius 3 is 2.27 bits per heavy atom. The van der Waals surface area contributed by atoms with Crippen LogP contribution in [-0.4, -0.2) is 16.9 Å². The molecule has 1 aromatic carbocycles. The van der Waals surface area contributed by atoms with Crippen molar-refractivity contribution in [3.8, 4) is 0 Å². The molecule has 0 saturated heterocycles. The quantitative estimate of drug-likeness (QED) is 0.803. The van der Waals surface area contributed by atoms with E-state index in [1.807, 2.05) is 30.3 Å². The van der Waals surface area contributed by atoms with Gasteiger partial charge in [-0.3, -0.25) is 4.79 Å². The summed E-state index contributed by atoms with van der Waals surface area (Å²) in [6.07, 6.45) is 0.292. The minimum atomic E-state index is -0.870. The van der Waals surface area contributed by atoms with Crippen molar-refractivity contribution in [2.75, 3.05) is 0 Å². The minimum absolute atomic E-state index is 0.00356. The van der Waals surface area contributed by atoms with E-state index in [2.05, 4.69) is 0 Å². The average molecular weight is 206 g/mol. The van der Waals surface area contributed by atoms with Crippen molar-refractivity contribution in [2.24, 2.45) is 0 Å². The zero-order valence-corrected chi connectivity index (χ0v) is 8.64. The van der Waals surface area contributed by atoms with Crippen LogP contribution < -0.4 is 0 Å². The highest BCUT2D eigenvalue weighted by Gasteiger charge is 2.16. The summed E-state index contributed by atoms with van der Waals surface area (Å²) in [6, 6.07) is 9.29. The molecule has 0 saturated carbocycles. The monoisotopic (exact) mass is 206 g/mol. The summed E-state index contributed by atoms with van der Waals surface area (Å²) in [5.74, 6) is -1.06. The number of carboxylic acid groups (broad SMARTS) is 1.